The van der Waals surface area contributed by atoms with Crippen molar-refractivity contribution >= 4 is 22.4 Å². The van der Waals surface area contributed by atoms with Crippen molar-refractivity contribution in [2.75, 3.05) is 5.32 Å². The maximum absolute atomic E-state index is 12.2. The van der Waals surface area contributed by atoms with E-state index in [1.807, 2.05) is 20.8 Å². The van der Waals surface area contributed by atoms with Crippen molar-refractivity contribution in [3.63, 3.8) is 0 Å². The molecule has 0 fully saturated rings. The molecule has 0 atom stereocenters. The zero-order valence-electron chi connectivity index (χ0n) is 10.8. The summed E-state index contributed by atoms with van der Waals surface area (Å²) < 4.78 is 5.10. The summed E-state index contributed by atoms with van der Waals surface area (Å²) in [4.78, 5) is 17.5. The van der Waals surface area contributed by atoms with Crippen molar-refractivity contribution < 1.29 is 9.32 Å². The molecule has 0 spiro atoms. The van der Waals surface area contributed by atoms with Crippen LogP contribution < -0.4 is 5.32 Å². The molecule has 96 valence electrons. The Kier molecular flexibility index (Phi) is 3.47. The largest absolute Gasteiger partial charge is 0.360 e. The Labute approximate surface area is 109 Å². The molecule has 0 saturated carbocycles. The number of hydrogen-bond acceptors (Lipinski definition) is 5. The van der Waals surface area contributed by atoms with Crippen LogP contribution in [0.15, 0.2) is 4.52 Å². The number of thiazole rings is 1. The minimum Gasteiger partial charge on any atom is -0.360 e. The lowest BCUT2D eigenvalue weighted by molar-refractivity contribution is 0.102. The van der Waals surface area contributed by atoms with E-state index in [1.165, 1.54) is 11.3 Å². The topological polar surface area (TPSA) is 68.0 Å². The molecule has 0 saturated heterocycles. The first-order valence-electron chi connectivity index (χ1n) is 5.73. The van der Waals surface area contributed by atoms with Gasteiger partial charge in [0.25, 0.3) is 5.91 Å². The highest BCUT2D eigenvalue weighted by Gasteiger charge is 2.20. The zero-order valence-corrected chi connectivity index (χ0v) is 11.6. The van der Waals surface area contributed by atoms with Gasteiger partial charge in [0.2, 0.25) is 0 Å². The molecule has 2 aromatic rings. The number of rotatable bonds is 3. The first kappa shape index (κ1) is 12.8. The van der Waals surface area contributed by atoms with Crippen LogP contribution in [0.3, 0.4) is 0 Å². The zero-order chi connectivity index (χ0) is 13.3. The van der Waals surface area contributed by atoms with Crippen LogP contribution in [0.2, 0.25) is 0 Å². The monoisotopic (exact) mass is 265 g/mol. The van der Waals surface area contributed by atoms with Crippen LogP contribution >= 0.6 is 11.3 Å². The second-order valence-corrected chi connectivity index (χ2v) is 5.24. The first-order valence-corrected chi connectivity index (χ1v) is 6.55. The number of anilines is 1. The maximum Gasteiger partial charge on any atom is 0.262 e. The fourth-order valence-corrected chi connectivity index (χ4v) is 2.44. The lowest BCUT2D eigenvalue weighted by Gasteiger charge is -2.00. The van der Waals surface area contributed by atoms with E-state index in [2.05, 4.69) is 15.5 Å². The van der Waals surface area contributed by atoms with E-state index in [4.69, 9.17) is 4.52 Å². The van der Waals surface area contributed by atoms with Gasteiger partial charge in [-0.25, -0.2) is 4.98 Å². The second-order valence-electron chi connectivity index (χ2n) is 4.03. The molecule has 0 radical (unpaired) electrons. The lowest BCUT2D eigenvalue weighted by atomic mass is 10.1. The van der Waals surface area contributed by atoms with Gasteiger partial charge >= 0.3 is 0 Å². The second kappa shape index (κ2) is 4.89. The summed E-state index contributed by atoms with van der Waals surface area (Å²) in [6.45, 7) is 7.58. The quantitative estimate of drug-likeness (QED) is 0.926. The Morgan fingerprint density at radius 3 is 2.61 bits per heavy atom. The third-order valence-corrected chi connectivity index (χ3v) is 3.72. The highest BCUT2D eigenvalue weighted by atomic mass is 32.1. The third kappa shape index (κ3) is 2.28. The highest BCUT2D eigenvalue weighted by molar-refractivity contribution is 7.15. The Morgan fingerprint density at radius 1 is 1.33 bits per heavy atom. The van der Waals surface area contributed by atoms with Crippen LogP contribution in [-0.2, 0) is 6.42 Å². The van der Waals surface area contributed by atoms with Crippen LogP contribution in [-0.4, -0.2) is 16.0 Å². The van der Waals surface area contributed by atoms with Gasteiger partial charge in [-0.05, 0) is 20.8 Å². The molecule has 2 aromatic heterocycles. The van der Waals surface area contributed by atoms with E-state index in [0.29, 0.717) is 28.6 Å². The Balaban J connectivity index is 2.24. The van der Waals surface area contributed by atoms with E-state index in [0.717, 1.165) is 10.6 Å². The molecule has 0 aliphatic carbocycles. The molecular formula is C12H15N3O2S. The molecule has 2 rings (SSSR count). The number of hydrogen-bond donors (Lipinski definition) is 1. The third-order valence-electron chi connectivity index (χ3n) is 2.73. The smallest absolute Gasteiger partial charge is 0.262 e. The van der Waals surface area contributed by atoms with Crippen molar-refractivity contribution in [1.82, 2.24) is 10.1 Å². The van der Waals surface area contributed by atoms with Crippen molar-refractivity contribution in [3.8, 4) is 0 Å². The van der Waals surface area contributed by atoms with Gasteiger partial charge in [-0.15, -0.1) is 11.3 Å². The molecule has 1 amide bonds. The number of nitrogens with one attached hydrogen (secondary N) is 1. The van der Waals surface area contributed by atoms with E-state index in [-0.39, 0.29) is 5.91 Å². The summed E-state index contributed by atoms with van der Waals surface area (Å²) in [5.74, 6) is 0.398. The normalized spacial score (nSPS) is 10.7. The maximum atomic E-state index is 12.2. The molecular weight excluding hydrogens is 250 g/mol. The van der Waals surface area contributed by atoms with E-state index >= 15 is 0 Å². The summed E-state index contributed by atoms with van der Waals surface area (Å²) in [5, 5.41) is 7.22. The van der Waals surface area contributed by atoms with Gasteiger partial charge in [0, 0.05) is 11.3 Å². The van der Waals surface area contributed by atoms with Crippen molar-refractivity contribution in [2.45, 2.75) is 34.1 Å². The van der Waals surface area contributed by atoms with Gasteiger partial charge in [0.15, 0.2) is 5.13 Å². The first-order chi connectivity index (χ1) is 8.52. The van der Waals surface area contributed by atoms with Gasteiger partial charge < -0.3 is 4.52 Å². The predicted octanol–water partition coefficient (Wildman–Crippen LogP) is 2.87. The summed E-state index contributed by atoms with van der Waals surface area (Å²) >= 11 is 1.47. The standard InChI is InChI=1S/C12H15N3O2S/c1-5-9-10(7(3)15-17-9)11(16)14-12-13-6(2)8(4)18-12/h5H2,1-4H3,(H,13,14,16). The predicted molar refractivity (Wildman–Crippen MR) is 70.2 cm³/mol. The molecule has 2 heterocycles. The van der Waals surface area contributed by atoms with Gasteiger partial charge in [0.1, 0.15) is 11.3 Å². The van der Waals surface area contributed by atoms with E-state index < -0.39 is 0 Å². The van der Waals surface area contributed by atoms with Gasteiger partial charge in [-0.1, -0.05) is 12.1 Å². The molecule has 0 unspecified atom stereocenters. The lowest BCUT2D eigenvalue weighted by Crippen LogP contribution is -2.14. The van der Waals surface area contributed by atoms with Gasteiger partial charge in [-0.3, -0.25) is 10.1 Å². The fraction of sp³-hybridized carbons (Fsp3) is 0.417. The molecule has 0 bridgehead atoms. The number of carbonyl (C=O) groups excluding carboxylic acids is 1. The Bertz CT molecular complexity index is 567. The molecule has 5 nitrogen and oxygen atoms in total. The average Bonchev–Trinajstić information content (AvgIpc) is 2.83. The number of aromatic nitrogens is 2. The van der Waals surface area contributed by atoms with Crippen LogP contribution in [0.5, 0.6) is 0 Å². The number of nitrogens with zero attached hydrogens (tertiary/aromatic N) is 2. The van der Waals surface area contributed by atoms with Gasteiger partial charge in [0.05, 0.1) is 11.4 Å². The SMILES string of the molecule is CCc1onc(C)c1C(=O)Nc1nc(C)c(C)s1. The van der Waals surface area contributed by atoms with Crippen molar-refractivity contribution in [3.05, 3.63) is 27.6 Å². The van der Waals surface area contributed by atoms with Crippen LogP contribution in [0.25, 0.3) is 0 Å². The Morgan fingerprint density at radius 2 is 2.06 bits per heavy atom. The number of carbonyl (C=O) groups is 1. The molecule has 18 heavy (non-hydrogen) atoms. The van der Waals surface area contributed by atoms with Gasteiger partial charge in [-0.2, -0.15) is 0 Å². The summed E-state index contributed by atoms with van der Waals surface area (Å²) in [5.41, 5.74) is 2.06. The summed E-state index contributed by atoms with van der Waals surface area (Å²) in [6, 6.07) is 0. The number of amides is 1. The van der Waals surface area contributed by atoms with Crippen LogP contribution in [0, 0.1) is 20.8 Å². The average molecular weight is 265 g/mol. The minimum atomic E-state index is -0.209. The number of aryl methyl sites for hydroxylation is 4. The molecule has 1 N–H and O–H groups in total. The van der Waals surface area contributed by atoms with Crippen molar-refractivity contribution in [2.24, 2.45) is 0 Å². The van der Waals surface area contributed by atoms with E-state index in [9.17, 15) is 4.79 Å². The van der Waals surface area contributed by atoms with E-state index in [1.54, 1.807) is 6.92 Å². The molecule has 0 aliphatic heterocycles. The summed E-state index contributed by atoms with van der Waals surface area (Å²) in [7, 11) is 0. The van der Waals surface area contributed by atoms with Crippen LogP contribution in [0.4, 0.5) is 5.13 Å². The fourth-order valence-electron chi connectivity index (χ4n) is 1.63. The summed E-state index contributed by atoms with van der Waals surface area (Å²) in [6.07, 6.45) is 0.638. The molecule has 0 aliphatic rings. The van der Waals surface area contributed by atoms with Crippen LogP contribution in [0.1, 0.15) is 39.3 Å². The minimum absolute atomic E-state index is 0.209. The van der Waals surface area contributed by atoms with Crippen molar-refractivity contribution in [1.29, 1.82) is 0 Å². The Hall–Kier alpha value is -1.69. The molecule has 6 heteroatoms. The highest BCUT2D eigenvalue weighted by Crippen LogP contribution is 2.23. The molecule has 0 aromatic carbocycles.